The van der Waals surface area contributed by atoms with Crippen molar-refractivity contribution in [1.29, 1.82) is 0 Å². The van der Waals surface area contributed by atoms with E-state index in [-0.39, 0.29) is 17.2 Å². The molecule has 0 radical (unpaired) electrons. The highest BCUT2D eigenvalue weighted by Gasteiger charge is 2.46. The van der Waals surface area contributed by atoms with Gasteiger partial charge in [0.05, 0.1) is 0 Å². The molecule has 1 aromatic heterocycles. The van der Waals surface area contributed by atoms with Crippen LogP contribution in [0.5, 0.6) is 0 Å². The van der Waals surface area contributed by atoms with E-state index in [4.69, 9.17) is 0 Å². The molecule has 0 aromatic carbocycles. The van der Waals surface area contributed by atoms with Gasteiger partial charge in [0, 0.05) is 12.8 Å². The molecule has 1 spiro atoms. The van der Waals surface area contributed by atoms with E-state index in [1.807, 2.05) is 0 Å². The number of tetrazole rings is 1. The number of imide groups is 1. The Hall–Kier alpha value is -1.79. The van der Waals surface area contributed by atoms with Gasteiger partial charge in [0.1, 0.15) is 6.04 Å². The van der Waals surface area contributed by atoms with Gasteiger partial charge in [0.15, 0.2) is 5.82 Å². The monoisotopic (exact) mass is 263 g/mol. The van der Waals surface area contributed by atoms with Gasteiger partial charge in [-0.1, -0.05) is 18.1 Å². The van der Waals surface area contributed by atoms with Crippen LogP contribution in [0, 0.1) is 5.41 Å². The van der Waals surface area contributed by atoms with Crippen molar-refractivity contribution in [2.24, 2.45) is 5.41 Å². The summed E-state index contributed by atoms with van der Waals surface area (Å²) in [6, 6.07) is -0.447. The number of aromatic nitrogens is 4. The van der Waals surface area contributed by atoms with E-state index >= 15 is 0 Å². The molecule has 1 unspecified atom stereocenters. The molecular formula is C12H17N5O2. The Kier molecular flexibility index (Phi) is 2.83. The minimum atomic E-state index is -0.447. The lowest BCUT2D eigenvalue weighted by Crippen LogP contribution is -2.48. The summed E-state index contributed by atoms with van der Waals surface area (Å²) in [6.45, 7) is 1.76. The van der Waals surface area contributed by atoms with Crippen LogP contribution in [0.2, 0.25) is 0 Å². The number of H-pyrrole nitrogens is 1. The van der Waals surface area contributed by atoms with Gasteiger partial charge < -0.3 is 0 Å². The molecule has 1 N–H and O–H groups in total. The molecule has 1 aliphatic carbocycles. The first kappa shape index (κ1) is 12.3. The molecule has 1 aliphatic heterocycles. The number of hydrogen-bond acceptors (Lipinski definition) is 5. The summed E-state index contributed by atoms with van der Waals surface area (Å²) in [7, 11) is 0. The Morgan fingerprint density at radius 2 is 1.84 bits per heavy atom. The van der Waals surface area contributed by atoms with Gasteiger partial charge in [-0.05, 0) is 25.2 Å². The quantitative estimate of drug-likeness (QED) is 0.803. The average Bonchev–Trinajstić information content (AvgIpc) is 2.99. The molecule has 1 atom stereocenters. The maximum Gasteiger partial charge on any atom is 0.230 e. The number of amides is 2. The molecule has 2 fully saturated rings. The predicted molar refractivity (Wildman–Crippen MR) is 64.6 cm³/mol. The zero-order valence-corrected chi connectivity index (χ0v) is 10.9. The van der Waals surface area contributed by atoms with E-state index in [0.29, 0.717) is 18.7 Å². The van der Waals surface area contributed by atoms with Crippen molar-refractivity contribution < 1.29 is 9.59 Å². The first-order valence-electron chi connectivity index (χ1n) is 6.70. The molecule has 1 aromatic rings. The fourth-order valence-corrected chi connectivity index (χ4v) is 3.39. The van der Waals surface area contributed by atoms with Crippen molar-refractivity contribution in [1.82, 2.24) is 25.5 Å². The van der Waals surface area contributed by atoms with Gasteiger partial charge in [0.2, 0.25) is 11.8 Å². The van der Waals surface area contributed by atoms with E-state index in [1.54, 1.807) is 6.92 Å². The number of aromatic amines is 1. The van der Waals surface area contributed by atoms with Crippen LogP contribution in [0.4, 0.5) is 0 Å². The SMILES string of the molecule is CC(c1nn[nH]n1)N1C(=O)CC2(CCCC2)CC1=O. The van der Waals surface area contributed by atoms with Crippen molar-refractivity contribution in [2.75, 3.05) is 0 Å². The van der Waals surface area contributed by atoms with Gasteiger partial charge in [-0.25, -0.2) is 0 Å². The summed E-state index contributed by atoms with van der Waals surface area (Å²) in [5.74, 6) is 0.176. The third-order valence-electron chi connectivity index (χ3n) is 4.38. The molecule has 1 saturated carbocycles. The summed E-state index contributed by atoms with van der Waals surface area (Å²) in [4.78, 5) is 25.9. The maximum absolute atomic E-state index is 12.3. The lowest BCUT2D eigenvalue weighted by molar-refractivity contribution is -0.156. The number of carbonyl (C=O) groups excluding carboxylic acids is 2. The second kappa shape index (κ2) is 4.40. The van der Waals surface area contributed by atoms with E-state index in [1.165, 1.54) is 4.90 Å². The van der Waals surface area contributed by atoms with Crippen LogP contribution in [0.3, 0.4) is 0 Å². The fourth-order valence-electron chi connectivity index (χ4n) is 3.39. The van der Waals surface area contributed by atoms with Gasteiger partial charge >= 0.3 is 0 Å². The summed E-state index contributed by atoms with van der Waals surface area (Å²) in [5, 5.41) is 13.5. The zero-order valence-electron chi connectivity index (χ0n) is 10.9. The standard InChI is InChI=1S/C12H17N5O2/c1-8(11-13-15-16-14-11)17-9(18)6-12(7-10(17)19)4-2-3-5-12/h8H,2-7H2,1H3,(H,13,14,15,16). The number of rotatable bonds is 2. The minimum Gasteiger partial charge on any atom is -0.274 e. The molecule has 1 saturated heterocycles. The van der Waals surface area contributed by atoms with Crippen LogP contribution < -0.4 is 0 Å². The van der Waals surface area contributed by atoms with Crippen molar-refractivity contribution in [3.05, 3.63) is 5.82 Å². The summed E-state index contributed by atoms with van der Waals surface area (Å²) < 4.78 is 0. The molecule has 2 aliphatic rings. The minimum absolute atomic E-state index is 0.0678. The number of likely N-dealkylation sites (tertiary alicyclic amines) is 1. The van der Waals surface area contributed by atoms with Gasteiger partial charge in [-0.3, -0.25) is 14.5 Å². The lowest BCUT2D eigenvalue weighted by Gasteiger charge is -2.38. The van der Waals surface area contributed by atoms with Crippen LogP contribution >= 0.6 is 0 Å². The van der Waals surface area contributed by atoms with Crippen LogP contribution in [0.1, 0.15) is 57.3 Å². The molecule has 102 valence electrons. The number of piperidine rings is 1. The maximum atomic E-state index is 12.3. The summed E-state index contributed by atoms with van der Waals surface area (Å²) in [6.07, 6.45) is 5.19. The molecular weight excluding hydrogens is 246 g/mol. The van der Waals surface area contributed by atoms with E-state index < -0.39 is 6.04 Å². The molecule has 0 bridgehead atoms. The number of nitrogens with zero attached hydrogens (tertiary/aromatic N) is 4. The van der Waals surface area contributed by atoms with Crippen LogP contribution in [-0.4, -0.2) is 37.3 Å². The highest BCUT2D eigenvalue weighted by atomic mass is 16.2. The van der Waals surface area contributed by atoms with E-state index in [2.05, 4.69) is 20.6 Å². The topological polar surface area (TPSA) is 91.8 Å². The Labute approximate surface area is 110 Å². The largest absolute Gasteiger partial charge is 0.274 e. The Morgan fingerprint density at radius 1 is 1.21 bits per heavy atom. The first-order chi connectivity index (χ1) is 9.11. The van der Waals surface area contributed by atoms with Crippen LogP contribution in [0.15, 0.2) is 0 Å². The van der Waals surface area contributed by atoms with E-state index in [9.17, 15) is 9.59 Å². The second-order valence-electron chi connectivity index (χ2n) is 5.66. The van der Waals surface area contributed by atoms with Crippen molar-refractivity contribution in [2.45, 2.75) is 51.5 Å². The van der Waals surface area contributed by atoms with Gasteiger partial charge in [-0.2, -0.15) is 5.21 Å². The van der Waals surface area contributed by atoms with Crippen molar-refractivity contribution in [3.8, 4) is 0 Å². The van der Waals surface area contributed by atoms with E-state index in [0.717, 1.165) is 25.7 Å². The Bertz CT molecular complexity index is 472. The average molecular weight is 263 g/mol. The second-order valence-corrected chi connectivity index (χ2v) is 5.66. The molecule has 3 rings (SSSR count). The lowest BCUT2D eigenvalue weighted by atomic mass is 9.76. The highest BCUT2D eigenvalue weighted by molar-refractivity contribution is 5.99. The van der Waals surface area contributed by atoms with Crippen molar-refractivity contribution in [3.63, 3.8) is 0 Å². The normalized spacial score (nSPS) is 24.2. The molecule has 2 amide bonds. The smallest absolute Gasteiger partial charge is 0.230 e. The first-order valence-corrected chi connectivity index (χ1v) is 6.70. The fraction of sp³-hybridized carbons (Fsp3) is 0.750. The Morgan fingerprint density at radius 3 is 2.37 bits per heavy atom. The molecule has 19 heavy (non-hydrogen) atoms. The highest BCUT2D eigenvalue weighted by Crippen LogP contribution is 2.47. The number of carbonyl (C=O) groups is 2. The molecule has 7 heteroatoms. The van der Waals surface area contributed by atoms with Crippen LogP contribution in [0.25, 0.3) is 0 Å². The zero-order chi connectivity index (χ0) is 13.5. The van der Waals surface area contributed by atoms with Gasteiger partial charge in [-0.15, -0.1) is 10.2 Å². The Balaban J connectivity index is 1.81. The summed E-state index contributed by atoms with van der Waals surface area (Å²) >= 11 is 0. The number of hydrogen-bond donors (Lipinski definition) is 1. The summed E-state index contributed by atoms with van der Waals surface area (Å²) in [5.41, 5.74) is -0.0678. The molecule has 7 nitrogen and oxygen atoms in total. The predicted octanol–water partition coefficient (Wildman–Crippen LogP) is 0.970. The third kappa shape index (κ3) is 2.02. The molecule has 2 heterocycles. The van der Waals surface area contributed by atoms with Crippen LogP contribution in [-0.2, 0) is 9.59 Å². The van der Waals surface area contributed by atoms with Crippen molar-refractivity contribution >= 4 is 11.8 Å². The third-order valence-corrected chi connectivity index (χ3v) is 4.38. The number of nitrogens with one attached hydrogen (secondary N) is 1. The van der Waals surface area contributed by atoms with Gasteiger partial charge in [0.25, 0.3) is 0 Å².